The van der Waals surface area contributed by atoms with Gasteiger partial charge in [-0.05, 0) is 11.6 Å². The van der Waals surface area contributed by atoms with Crippen molar-refractivity contribution in [2.75, 3.05) is 14.1 Å². The van der Waals surface area contributed by atoms with Crippen molar-refractivity contribution in [2.24, 2.45) is 0 Å². The summed E-state index contributed by atoms with van der Waals surface area (Å²) >= 11 is 0. The van der Waals surface area contributed by atoms with Crippen molar-refractivity contribution >= 4 is 5.78 Å². The molecule has 0 fully saturated rings. The average molecular weight is 256 g/mol. The first-order valence-electron chi connectivity index (χ1n) is 5.95. The third-order valence-corrected chi connectivity index (χ3v) is 2.55. The van der Waals surface area contributed by atoms with Crippen LogP contribution in [-0.2, 0) is 6.54 Å². The molecule has 0 unspecified atom stereocenters. The van der Waals surface area contributed by atoms with Gasteiger partial charge in [-0.15, -0.1) is 0 Å². The van der Waals surface area contributed by atoms with E-state index in [0.717, 1.165) is 5.56 Å². The van der Waals surface area contributed by atoms with E-state index in [1.165, 1.54) is 6.33 Å². The maximum Gasteiger partial charge on any atom is 0.187 e. The molecule has 0 aliphatic rings. The van der Waals surface area contributed by atoms with Crippen LogP contribution in [0.5, 0.6) is 0 Å². The van der Waals surface area contributed by atoms with Gasteiger partial charge in [0, 0.05) is 31.9 Å². The lowest BCUT2D eigenvalue weighted by atomic mass is 10.1. The molecule has 2 rings (SSSR count). The zero-order valence-electron chi connectivity index (χ0n) is 11.0. The molecular formula is C14H16N4O. The van der Waals surface area contributed by atoms with E-state index in [-0.39, 0.29) is 5.78 Å². The predicted molar refractivity (Wildman–Crippen MR) is 72.7 cm³/mol. The Kier molecular flexibility index (Phi) is 4.07. The van der Waals surface area contributed by atoms with Crippen molar-refractivity contribution in [3.8, 4) is 0 Å². The van der Waals surface area contributed by atoms with Crippen molar-refractivity contribution in [3.05, 3.63) is 60.3 Å². The van der Waals surface area contributed by atoms with Crippen LogP contribution in [0.25, 0.3) is 0 Å². The summed E-state index contributed by atoms with van der Waals surface area (Å²) in [6.07, 6.45) is 6.45. The van der Waals surface area contributed by atoms with Gasteiger partial charge in [-0.2, -0.15) is 5.10 Å². The molecule has 0 aliphatic carbocycles. The Morgan fingerprint density at radius 1 is 1.42 bits per heavy atom. The van der Waals surface area contributed by atoms with Crippen molar-refractivity contribution in [1.29, 1.82) is 0 Å². The van der Waals surface area contributed by atoms with Crippen LogP contribution in [0.2, 0.25) is 0 Å². The van der Waals surface area contributed by atoms with Gasteiger partial charge in [0.25, 0.3) is 0 Å². The fraction of sp³-hybridized carbons (Fsp3) is 0.214. The molecule has 0 aliphatic heterocycles. The highest BCUT2D eigenvalue weighted by molar-refractivity contribution is 6.04. The van der Waals surface area contributed by atoms with Gasteiger partial charge in [0.15, 0.2) is 5.78 Å². The van der Waals surface area contributed by atoms with E-state index in [2.05, 4.69) is 10.1 Å². The summed E-state index contributed by atoms with van der Waals surface area (Å²) in [4.78, 5) is 17.7. The molecule has 0 amide bonds. The molecule has 0 bridgehead atoms. The second-order valence-electron chi connectivity index (χ2n) is 4.44. The molecule has 1 heterocycles. The number of aromatic nitrogens is 3. The summed E-state index contributed by atoms with van der Waals surface area (Å²) in [6.45, 7) is 0.610. The van der Waals surface area contributed by atoms with Gasteiger partial charge in [0.1, 0.15) is 12.7 Å². The maximum atomic E-state index is 12.0. The average Bonchev–Trinajstić information content (AvgIpc) is 2.89. The van der Waals surface area contributed by atoms with Crippen molar-refractivity contribution in [2.45, 2.75) is 6.54 Å². The summed E-state index contributed by atoms with van der Waals surface area (Å²) in [5.41, 5.74) is 1.70. The molecule has 5 heteroatoms. The van der Waals surface area contributed by atoms with E-state index in [0.29, 0.717) is 12.1 Å². The first kappa shape index (κ1) is 13.0. The molecule has 5 nitrogen and oxygen atoms in total. The van der Waals surface area contributed by atoms with Crippen LogP contribution in [-0.4, -0.2) is 39.5 Å². The van der Waals surface area contributed by atoms with Crippen LogP contribution in [0.15, 0.2) is 49.2 Å². The lowest BCUT2D eigenvalue weighted by Gasteiger charge is -2.05. The molecule has 1 aromatic heterocycles. The van der Waals surface area contributed by atoms with Gasteiger partial charge in [-0.1, -0.05) is 18.2 Å². The van der Waals surface area contributed by atoms with Gasteiger partial charge < -0.3 is 4.90 Å². The number of ketones is 1. The smallest absolute Gasteiger partial charge is 0.187 e. The van der Waals surface area contributed by atoms with Crippen molar-refractivity contribution in [1.82, 2.24) is 19.7 Å². The second kappa shape index (κ2) is 5.95. The number of rotatable bonds is 5. The zero-order chi connectivity index (χ0) is 13.7. The molecule has 98 valence electrons. The molecule has 0 radical (unpaired) electrons. The molecular weight excluding hydrogens is 240 g/mol. The van der Waals surface area contributed by atoms with Gasteiger partial charge in [0.05, 0.1) is 6.54 Å². The van der Waals surface area contributed by atoms with E-state index in [1.54, 1.807) is 23.3 Å². The lowest BCUT2D eigenvalue weighted by Crippen LogP contribution is -2.04. The SMILES string of the molecule is CN(C)C=CC(=O)c1cccc(Cn2cncn2)c1. The zero-order valence-corrected chi connectivity index (χ0v) is 11.0. The lowest BCUT2D eigenvalue weighted by molar-refractivity contribution is 0.104. The monoisotopic (exact) mass is 256 g/mol. The third kappa shape index (κ3) is 3.77. The summed E-state index contributed by atoms with van der Waals surface area (Å²) < 4.78 is 1.72. The molecule has 1 aromatic carbocycles. The normalized spacial score (nSPS) is 10.8. The van der Waals surface area contributed by atoms with Crippen LogP contribution in [0.4, 0.5) is 0 Å². The van der Waals surface area contributed by atoms with Crippen LogP contribution in [0.3, 0.4) is 0 Å². The number of carbonyl (C=O) groups is 1. The fourth-order valence-corrected chi connectivity index (χ4v) is 1.64. The summed E-state index contributed by atoms with van der Waals surface area (Å²) in [5.74, 6) is -0.00543. The Morgan fingerprint density at radius 2 is 2.26 bits per heavy atom. The number of carbonyl (C=O) groups excluding carboxylic acids is 1. The van der Waals surface area contributed by atoms with E-state index < -0.39 is 0 Å². The molecule has 2 aromatic rings. The van der Waals surface area contributed by atoms with Gasteiger partial charge in [0.2, 0.25) is 0 Å². The second-order valence-corrected chi connectivity index (χ2v) is 4.44. The molecule has 0 saturated carbocycles. The molecule has 0 atom stereocenters. The minimum Gasteiger partial charge on any atom is -0.383 e. The Hall–Kier alpha value is -2.43. The summed E-state index contributed by atoms with van der Waals surface area (Å²) in [5, 5.41) is 4.05. The number of hydrogen-bond donors (Lipinski definition) is 0. The van der Waals surface area contributed by atoms with E-state index >= 15 is 0 Å². The number of nitrogens with zero attached hydrogens (tertiary/aromatic N) is 4. The first-order valence-corrected chi connectivity index (χ1v) is 5.95. The van der Waals surface area contributed by atoms with Crippen LogP contribution < -0.4 is 0 Å². The van der Waals surface area contributed by atoms with E-state index in [4.69, 9.17) is 0 Å². The minimum absolute atomic E-state index is 0.00543. The maximum absolute atomic E-state index is 12.0. The molecule has 0 spiro atoms. The Labute approximate surface area is 112 Å². The summed E-state index contributed by atoms with van der Waals surface area (Å²) in [6, 6.07) is 7.54. The highest BCUT2D eigenvalue weighted by Gasteiger charge is 2.03. The molecule has 0 N–H and O–H groups in total. The molecule has 0 saturated heterocycles. The Balaban J connectivity index is 2.13. The third-order valence-electron chi connectivity index (χ3n) is 2.55. The Bertz CT molecular complexity index is 573. The standard InChI is InChI=1S/C14H16N4O/c1-17(2)7-6-14(19)13-5-3-4-12(8-13)9-18-11-15-10-16-18/h3-8,10-11H,9H2,1-2H3. The van der Waals surface area contributed by atoms with Crippen LogP contribution >= 0.6 is 0 Å². The first-order chi connectivity index (χ1) is 9.15. The largest absolute Gasteiger partial charge is 0.383 e. The highest BCUT2D eigenvalue weighted by atomic mass is 16.1. The van der Waals surface area contributed by atoms with Crippen molar-refractivity contribution in [3.63, 3.8) is 0 Å². The van der Waals surface area contributed by atoms with Gasteiger partial charge in [-0.3, -0.25) is 4.79 Å². The topological polar surface area (TPSA) is 51.0 Å². The molecule has 19 heavy (non-hydrogen) atoms. The number of allylic oxidation sites excluding steroid dienone is 1. The van der Waals surface area contributed by atoms with E-state index in [9.17, 15) is 4.79 Å². The van der Waals surface area contributed by atoms with Gasteiger partial charge >= 0.3 is 0 Å². The number of hydrogen-bond acceptors (Lipinski definition) is 4. The quantitative estimate of drug-likeness (QED) is 0.602. The highest BCUT2D eigenvalue weighted by Crippen LogP contribution is 2.08. The van der Waals surface area contributed by atoms with Crippen LogP contribution in [0.1, 0.15) is 15.9 Å². The van der Waals surface area contributed by atoms with Crippen LogP contribution in [0, 0.1) is 0 Å². The van der Waals surface area contributed by atoms with Gasteiger partial charge in [-0.25, -0.2) is 9.67 Å². The van der Waals surface area contributed by atoms with E-state index in [1.807, 2.05) is 43.3 Å². The van der Waals surface area contributed by atoms with Crippen molar-refractivity contribution < 1.29 is 4.79 Å². The number of benzene rings is 1. The fourth-order valence-electron chi connectivity index (χ4n) is 1.64. The Morgan fingerprint density at radius 3 is 2.95 bits per heavy atom. The minimum atomic E-state index is -0.00543. The summed E-state index contributed by atoms with van der Waals surface area (Å²) in [7, 11) is 3.76. The predicted octanol–water partition coefficient (Wildman–Crippen LogP) is 1.58.